The molecular formula is C10H18N2O. The molecule has 2 unspecified atom stereocenters. The largest absolute Gasteiger partial charge is 0.393 e. The fourth-order valence-corrected chi connectivity index (χ4v) is 2.36. The van der Waals surface area contributed by atoms with E-state index in [1.807, 2.05) is 6.92 Å². The van der Waals surface area contributed by atoms with Gasteiger partial charge in [-0.05, 0) is 26.2 Å². The van der Waals surface area contributed by atoms with Gasteiger partial charge in [-0.3, -0.25) is 4.99 Å². The van der Waals surface area contributed by atoms with Gasteiger partial charge in [0.2, 0.25) is 0 Å². The van der Waals surface area contributed by atoms with Crippen LogP contribution in [0.2, 0.25) is 0 Å². The minimum absolute atomic E-state index is 0.186. The molecule has 74 valence electrons. The number of aliphatic imine (C=N–C) groups is 1. The lowest BCUT2D eigenvalue weighted by Crippen LogP contribution is -2.33. The summed E-state index contributed by atoms with van der Waals surface area (Å²) in [6.45, 7) is 5.18. The summed E-state index contributed by atoms with van der Waals surface area (Å²) in [6.07, 6.45) is 3.08. The lowest BCUT2D eigenvalue weighted by Gasteiger charge is -2.25. The molecule has 0 saturated carbocycles. The monoisotopic (exact) mass is 182 g/mol. The third-order valence-electron chi connectivity index (χ3n) is 2.92. The minimum Gasteiger partial charge on any atom is -0.393 e. The fraction of sp³-hybridized carbons (Fsp3) is 0.900. The molecule has 0 spiro atoms. The number of hydrogen-bond acceptors (Lipinski definition) is 3. The highest BCUT2D eigenvalue weighted by atomic mass is 16.3. The van der Waals surface area contributed by atoms with Gasteiger partial charge in [0.1, 0.15) is 5.84 Å². The van der Waals surface area contributed by atoms with Gasteiger partial charge in [0, 0.05) is 25.6 Å². The Labute approximate surface area is 79.5 Å². The number of aliphatic hydroxyl groups excluding tert-OH is 1. The number of hydrogen-bond donors (Lipinski definition) is 1. The molecule has 2 heterocycles. The van der Waals surface area contributed by atoms with E-state index in [-0.39, 0.29) is 6.10 Å². The van der Waals surface area contributed by atoms with E-state index >= 15 is 0 Å². The van der Waals surface area contributed by atoms with Gasteiger partial charge < -0.3 is 10.0 Å². The normalized spacial score (nSPS) is 29.8. The predicted octanol–water partition coefficient (Wildman–Crippen LogP) is 0.881. The summed E-state index contributed by atoms with van der Waals surface area (Å²) in [5.41, 5.74) is 0. The van der Waals surface area contributed by atoms with Crippen LogP contribution in [0.25, 0.3) is 0 Å². The zero-order valence-corrected chi connectivity index (χ0v) is 8.24. The number of fused-ring (bicyclic) bond motifs is 1. The Hall–Kier alpha value is -0.570. The first-order valence-corrected chi connectivity index (χ1v) is 5.24. The van der Waals surface area contributed by atoms with Gasteiger partial charge in [-0.15, -0.1) is 0 Å². The Bertz CT molecular complexity index is 213. The van der Waals surface area contributed by atoms with Crippen molar-refractivity contribution in [3.63, 3.8) is 0 Å². The second-order valence-electron chi connectivity index (χ2n) is 4.15. The molecule has 0 aromatic carbocycles. The molecule has 2 atom stereocenters. The van der Waals surface area contributed by atoms with E-state index in [0.717, 1.165) is 19.5 Å². The van der Waals surface area contributed by atoms with Crippen molar-refractivity contribution in [2.45, 2.75) is 32.3 Å². The van der Waals surface area contributed by atoms with Crippen molar-refractivity contribution >= 4 is 5.84 Å². The molecule has 0 radical (unpaired) electrons. The summed E-state index contributed by atoms with van der Waals surface area (Å²) < 4.78 is 0. The highest BCUT2D eigenvalue weighted by molar-refractivity contribution is 5.87. The highest BCUT2D eigenvalue weighted by Gasteiger charge is 2.30. The van der Waals surface area contributed by atoms with Crippen LogP contribution in [0.15, 0.2) is 4.99 Å². The molecule has 3 nitrogen and oxygen atoms in total. The van der Waals surface area contributed by atoms with Crippen molar-refractivity contribution < 1.29 is 5.11 Å². The maximum Gasteiger partial charge on any atom is 0.102 e. The first kappa shape index (κ1) is 9.00. The van der Waals surface area contributed by atoms with Crippen molar-refractivity contribution in [2.24, 2.45) is 10.9 Å². The maximum atomic E-state index is 9.33. The van der Waals surface area contributed by atoms with Crippen molar-refractivity contribution in [3.05, 3.63) is 0 Å². The van der Waals surface area contributed by atoms with Crippen molar-refractivity contribution in [1.29, 1.82) is 0 Å². The van der Waals surface area contributed by atoms with Crippen LogP contribution in [0.3, 0.4) is 0 Å². The Morgan fingerprint density at radius 2 is 2.46 bits per heavy atom. The number of nitrogens with zero attached hydrogens (tertiary/aromatic N) is 2. The molecule has 2 aliphatic heterocycles. The molecule has 2 rings (SSSR count). The van der Waals surface area contributed by atoms with Crippen molar-refractivity contribution in [1.82, 2.24) is 4.90 Å². The molecule has 1 fully saturated rings. The average Bonchev–Trinajstić information content (AvgIpc) is 2.48. The quantitative estimate of drug-likeness (QED) is 0.688. The van der Waals surface area contributed by atoms with Gasteiger partial charge in [-0.1, -0.05) is 0 Å². The van der Waals surface area contributed by atoms with E-state index in [4.69, 9.17) is 0 Å². The van der Waals surface area contributed by atoms with Crippen LogP contribution < -0.4 is 0 Å². The first-order chi connectivity index (χ1) is 6.27. The summed E-state index contributed by atoms with van der Waals surface area (Å²) in [5.74, 6) is 1.80. The first-order valence-electron chi connectivity index (χ1n) is 5.24. The summed E-state index contributed by atoms with van der Waals surface area (Å²) in [4.78, 5) is 6.94. The Morgan fingerprint density at radius 1 is 1.62 bits per heavy atom. The summed E-state index contributed by atoms with van der Waals surface area (Å²) in [7, 11) is 0. The smallest absolute Gasteiger partial charge is 0.102 e. The lowest BCUT2D eigenvalue weighted by atomic mass is 10.00. The molecule has 13 heavy (non-hydrogen) atoms. The molecule has 0 aliphatic carbocycles. The number of rotatable bonds is 2. The molecule has 1 N–H and O–H groups in total. The molecule has 3 heteroatoms. The third kappa shape index (κ3) is 1.85. The molecule has 0 bridgehead atoms. The molecule has 0 aromatic rings. The zero-order valence-electron chi connectivity index (χ0n) is 8.24. The Kier molecular flexibility index (Phi) is 2.54. The van der Waals surface area contributed by atoms with Crippen LogP contribution >= 0.6 is 0 Å². The highest BCUT2D eigenvalue weighted by Crippen LogP contribution is 2.25. The van der Waals surface area contributed by atoms with Crippen molar-refractivity contribution in [2.75, 3.05) is 19.6 Å². The van der Waals surface area contributed by atoms with E-state index in [1.54, 1.807) is 0 Å². The van der Waals surface area contributed by atoms with Gasteiger partial charge in [0.15, 0.2) is 0 Å². The van der Waals surface area contributed by atoms with Crippen LogP contribution in [0.1, 0.15) is 26.2 Å². The Morgan fingerprint density at radius 3 is 3.23 bits per heavy atom. The summed E-state index contributed by atoms with van der Waals surface area (Å²) >= 11 is 0. The van der Waals surface area contributed by atoms with Gasteiger partial charge >= 0.3 is 0 Å². The van der Waals surface area contributed by atoms with Crippen LogP contribution in [0, 0.1) is 5.92 Å². The second-order valence-corrected chi connectivity index (χ2v) is 4.15. The van der Waals surface area contributed by atoms with Gasteiger partial charge in [-0.2, -0.15) is 0 Å². The fourth-order valence-electron chi connectivity index (χ4n) is 2.36. The molecule has 1 saturated heterocycles. The second kappa shape index (κ2) is 3.66. The number of amidine groups is 1. The summed E-state index contributed by atoms with van der Waals surface area (Å²) in [6, 6.07) is 0. The van der Waals surface area contributed by atoms with Crippen molar-refractivity contribution in [3.8, 4) is 0 Å². The van der Waals surface area contributed by atoms with Gasteiger partial charge in [0.05, 0.1) is 6.10 Å². The SMILES string of the molecule is CC(O)CC1CCN2CCCN=C12. The van der Waals surface area contributed by atoms with Gasteiger partial charge in [-0.25, -0.2) is 0 Å². The molecule has 0 aromatic heterocycles. The van der Waals surface area contributed by atoms with E-state index < -0.39 is 0 Å². The third-order valence-corrected chi connectivity index (χ3v) is 2.92. The average molecular weight is 182 g/mol. The van der Waals surface area contributed by atoms with Crippen LogP contribution in [-0.4, -0.2) is 41.6 Å². The molecular weight excluding hydrogens is 164 g/mol. The number of aliphatic hydroxyl groups is 1. The van der Waals surface area contributed by atoms with E-state index in [9.17, 15) is 5.11 Å². The van der Waals surface area contributed by atoms with Crippen LogP contribution in [0.4, 0.5) is 0 Å². The molecule has 0 amide bonds. The standard InChI is InChI=1S/C10H18N2O/c1-8(13)7-9-3-6-12-5-2-4-11-10(9)12/h8-9,13H,2-7H2,1H3. The lowest BCUT2D eigenvalue weighted by molar-refractivity contribution is 0.173. The van der Waals surface area contributed by atoms with Crippen LogP contribution in [0.5, 0.6) is 0 Å². The Balaban J connectivity index is 2.02. The van der Waals surface area contributed by atoms with E-state index in [2.05, 4.69) is 9.89 Å². The minimum atomic E-state index is -0.186. The topological polar surface area (TPSA) is 35.8 Å². The maximum absolute atomic E-state index is 9.33. The van der Waals surface area contributed by atoms with Crippen LogP contribution in [-0.2, 0) is 0 Å². The molecule has 2 aliphatic rings. The summed E-state index contributed by atoms with van der Waals surface area (Å²) in [5, 5.41) is 9.33. The van der Waals surface area contributed by atoms with Gasteiger partial charge in [0.25, 0.3) is 0 Å². The predicted molar refractivity (Wildman–Crippen MR) is 52.9 cm³/mol. The zero-order chi connectivity index (χ0) is 9.26. The van der Waals surface area contributed by atoms with E-state index in [0.29, 0.717) is 5.92 Å². The van der Waals surface area contributed by atoms with E-state index in [1.165, 1.54) is 25.2 Å².